The van der Waals surface area contributed by atoms with Gasteiger partial charge in [0.15, 0.2) is 17.3 Å². The number of methoxy groups -OCH3 is 1. The van der Waals surface area contributed by atoms with E-state index in [-0.39, 0.29) is 36.4 Å². The minimum atomic E-state index is -0.946. The highest BCUT2D eigenvalue weighted by atomic mass is 19.1. The molecule has 0 amide bonds. The van der Waals surface area contributed by atoms with E-state index in [9.17, 15) is 14.0 Å². The maximum Gasteiger partial charge on any atom is 0.303 e. The van der Waals surface area contributed by atoms with Gasteiger partial charge in [0.25, 0.3) is 0 Å². The lowest BCUT2D eigenvalue weighted by Crippen LogP contribution is -2.02. The molecule has 1 aromatic rings. The lowest BCUT2D eigenvalue weighted by Gasteiger charge is -2.04. The summed E-state index contributed by atoms with van der Waals surface area (Å²) in [7, 11) is 1.34. The minimum Gasteiger partial charge on any atom is -0.494 e. The molecular formula is C12H13FO4. The molecule has 0 bridgehead atoms. The van der Waals surface area contributed by atoms with Gasteiger partial charge in [0.1, 0.15) is 0 Å². The van der Waals surface area contributed by atoms with Crippen LogP contribution in [0, 0.1) is 5.82 Å². The van der Waals surface area contributed by atoms with E-state index in [0.29, 0.717) is 0 Å². The largest absolute Gasteiger partial charge is 0.494 e. The van der Waals surface area contributed by atoms with Crippen molar-refractivity contribution in [3.8, 4) is 5.75 Å². The van der Waals surface area contributed by atoms with Gasteiger partial charge in [-0.3, -0.25) is 9.59 Å². The molecule has 0 spiro atoms. The molecule has 0 atom stereocenters. The van der Waals surface area contributed by atoms with E-state index in [2.05, 4.69) is 0 Å². The molecule has 0 aromatic heterocycles. The molecule has 1 aromatic carbocycles. The van der Waals surface area contributed by atoms with Gasteiger partial charge in [0.05, 0.1) is 7.11 Å². The second-order valence-electron chi connectivity index (χ2n) is 3.52. The van der Waals surface area contributed by atoms with Crippen molar-refractivity contribution in [2.75, 3.05) is 7.11 Å². The van der Waals surface area contributed by atoms with Crippen molar-refractivity contribution < 1.29 is 23.8 Å². The van der Waals surface area contributed by atoms with Crippen molar-refractivity contribution in [1.29, 1.82) is 0 Å². The summed E-state index contributed by atoms with van der Waals surface area (Å²) >= 11 is 0. The fourth-order valence-corrected chi connectivity index (χ4v) is 1.38. The van der Waals surface area contributed by atoms with E-state index in [1.165, 1.54) is 19.2 Å². The van der Waals surface area contributed by atoms with Crippen LogP contribution in [0.1, 0.15) is 29.6 Å². The Balaban J connectivity index is 2.63. The van der Waals surface area contributed by atoms with Gasteiger partial charge in [0.2, 0.25) is 0 Å². The Bertz CT molecular complexity index is 429. The van der Waals surface area contributed by atoms with Crippen LogP contribution in [0.5, 0.6) is 5.75 Å². The summed E-state index contributed by atoms with van der Waals surface area (Å²) in [5.74, 6) is -1.74. The van der Waals surface area contributed by atoms with E-state index in [1.54, 1.807) is 0 Å². The molecule has 0 heterocycles. The van der Waals surface area contributed by atoms with Crippen LogP contribution in [0.2, 0.25) is 0 Å². The average molecular weight is 240 g/mol. The fourth-order valence-electron chi connectivity index (χ4n) is 1.38. The standard InChI is InChI=1S/C12H13FO4/c1-17-11-6-5-8(7-9(11)13)10(14)3-2-4-12(15)16/h5-7H,2-4H2,1H3,(H,15,16). The van der Waals surface area contributed by atoms with Crippen molar-refractivity contribution in [2.24, 2.45) is 0 Å². The van der Waals surface area contributed by atoms with Crippen LogP contribution in [0.4, 0.5) is 4.39 Å². The zero-order valence-corrected chi connectivity index (χ0v) is 9.40. The van der Waals surface area contributed by atoms with Crippen molar-refractivity contribution in [3.05, 3.63) is 29.6 Å². The van der Waals surface area contributed by atoms with E-state index < -0.39 is 11.8 Å². The number of hydrogen-bond acceptors (Lipinski definition) is 3. The fraction of sp³-hybridized carbons (Fsp3) is 0.333. The Morgan fingerprint density at radius 2 is 2.06 bits per heavy atom. The number of Topliss-reactive ketones (excluding diaryl/α,β-unsaturated/α-hetero) is 1. The van der Waals surface area contributed by atoms with Crippen LogP contribution in [-0.2, 0) is 4.79 Å². The molecule has 0 aliphatic carbocycles. The van der Waals surface area contributed by atoms with Gasteiger partial charge in [-0.25, -0.2) is 4.39 Å². The molecule has 0 aliphatic heterocycles. The Kier molecular flexibility index (Phi) is 4.63. The van der Waals surface area contributed by atoms with Gasteiger partial charge >= 0.3 is 5.97 Å². The number of ether oxygens (including phenoxy) is 1. The van der Waals surface area contributed by atoms with Crippen LogP contribution in [0.3, 0.4) is 0 Å². The van der Waals surface area contributed by atoms with E-state index in [4.69, 9.17) is 9.84 Å². The summed E-state index contributed by atoms with van der Waals surface area (Å²) in [4.78, 5) is 21.8. The van der Waals surface area contributed by atoms with Crippen molar-refractivity contribution in [3.63, 3.8) is 0 Å². The molecule has 1 rings (SSSR count). The smallest absolute Gasteiger partial charge is 0.303 e. The van der Waals surface area contributed by atoms with Gasteiger partial charge < -0.3 is 9.84 Å². The highest BCUT2D eigenvalue weighted by Crippen LogP contribution is 2.19. The monoisotopic (exact) mass is 240 g/mol. The lowest BCUT2D eigenvalue weighted by atomic mass is 10.1. The molecule has 1 N–H and O–H groups in total. The number of benzene rings is 1. The maximum absolute atomic E-state index is 13.3. The molecule has 4 nitrogen and oxygen atoms in total. The molecule has 0 saturated carbocycles. The number of aliphatic carboxylic acids is 1. The zero-order valence-electron chi connectivity index (χ0n) is 9.40. The molecule has 17 heavy (non-hydrogen) atoms. The summed E-state index contributed by atoms with van der Waals surface area (Å²) in [6, 6.07) is 3.94. The first-order valence-electron chi connectivity index (χ1n) is 5.13. The zero-order chi connectivity index (χ0) is 12.8. The first kappa shape index (κ1) is 13.2. The summed E-state index contributed by atoms with van der Waals surface area (Å²) in [5, 5.41) is 8.42. The summed E-state index contributed by atoms with van der Waals surface area (Å²) in [5.41, 5.74) is 0.230. The minimum absolute atomic E-state index is 0.0651. The van der Waals surface area contributed by atoms with Gasteiger partial charge in [0, 0.05) is 18.4 Å². The Morgan fingerprint density at radius 3 is 2.59 bits per heavy atom. The molecule has 0 radical (unpaired) electrons. The van der Waals surface area contributed by atoms with E-state index >= 15 is 0 Å². The van der Waals surface area contributed by atoms with Crippen LogP contribution in [-0.4, -0.2) is 24.0 Å². The molecule has 0 unspecified atom stereocenters. The summed E-state index contributed by atoms with van der Waals surface area (Å²) in [6.07, 6.45) is 0.282. The third-order valence-electron chi connectivity index (χ3n) is 2.27. The van der Waals surface area contributed by atoms with Gasteiger partial charge in [-0.2, -0.15) is 0 Å². The molecule has 92 valence electrons. The normalized spacial score (nSPS) is 10.0. The Morgan fingerprint density at radius 1 is 1.35 bits per heavy atom. The molecule has 0 saturated heterocycles. The lowest BCUT2D eigenvalue weighted by molar-refractivity contribution is -0.137. The van der Waals surface area contributed by atoms with Crippen LogP contribution in [0.25, 0.3) is 0 Å². The SMILES string of the molecule is COc1ccc(C(=O)CCCC(=O)O)cc1F. The van der Waals surface area contributed by atoms with Gasteiger partial charge in [-0.15, -0.1) is 0 Å². The van der Waals surface area contributed by atoms with Gasteiger partial charge in [-0.05, 0) is 24.6 Å². The predicted octanol–water partition coefficient (Wildman–Crippen LogP) is 2.27. The van der Waals surface area contributed by atoms with E-state index in [1.807, 2.05) is 0 Å². The number of carbonyl (C=O) groups is 2. The van der Waals surface area contributed by atoms with Gasteiger partial charge in [-0.1, -0.05) is 0 Å². The Hall–Kier alpha value is -1.91. The molecular weight excluding hydrogens is 227 g/mol. The Labute approximate surface area is 98.0 Å². The number of carbonyl (C=O) groups excluding carboxylic acids is 1. The summed E-state index contributed by atoms with van der Waals surface area (Å²) < 4.78 is 18.0. The van der Waals surface area contributed by atoms with E-state index in [0.717, 1.165) is 6.07 Å². The summed E-state index contributed by atoms with van der Waals surface area (Å²) in [6.45, 7) is 0. The molecule has 5 heteroatoms. The number of ketones is 1. The molecule has 0 aliphatic rings. The maximum atomic E-state index is 13.3. The topological polar surface area (TPSA) is 63.6 Å². The highest BCUT2D eigenvalue weighted by molar-refractivity contribution is 5.96. The number of carboxylic acids is 1. The second-order valence-corrected chi connectivity index (χ2v) is 3.52. The number of halogens is 1. The third kappa shape index (κ3) is 3.86. The average Bonchev–Trinajstić information content (AvgIpc) is 2.28. The van der Waals surface area contributed by atoms with Crippen molar-refractivity contribution in [1.82, 2.24) is 0 Å². The first-order valence-corrected chi connectivity index (χ1v) is 5.13. The first-order chi connectivity index (χ1) is 8.04. The van der Waals surface area contributed by atoms with Crippen LogP contribution >= 0.6 is 0 Å². The third-order valence-corrected chi connectivity index (χ3v) is 2.27. The van der Waals surface area contributed by atoms with Crippen molar-refractivity contribution >= 4 is 11.8 Å². The quantitative estimate of drug-likeness (QED) is 0.775. The number of hydrogen-bond donors (Lipinski definition) is 1. The number of rotatable bonds is 6. The predicted molar refractivity (Wildman–Crippen MR) is 58.8 cm³/mol. The van der Waals surface area contributed by atoms with Crippen LogP contribution in [0.15, 0.2) is 18.2 Å². The van der Waals surface area contributed by atoms with Crippen LogP contribution < -0.4 is 4.74 Å². The highest BCUT2D eigenvalue weighted by Gasteiger charge is 2.10. The van der Waals surface area contributed by atoms with Crippen molar-refractivity contribution in [2.45, 2.75) is 19.3 Å². The second kappa shape index (κ2) is 5.98. The molecule has 0 fully saturated rings. The number of carboxylic acid groups (broad SMARTS) is 1.